The van der Waals surface area contributed by atoms with E-state index in [-0.39, 0.29) is 5.41 Å². The summed E-state index contributed by atoms with van der Waals surface area (Å²) in [4.78, 5) is 0. The Morgan fingerprint density at radius 3 is 2.45 bits per heavy atom. The van der Waals surface area contributed by atoms with Gasteiger partial charge < -0.3 is 5.32 Å². The maximum Gasteiger partial charge on any atom is 0.00735 e. The van der Waals surface area contributed by atoms with Crippen LogP contribution in [-0.4, -0.2) is 0 Å². The van der Waals surface area contributed by atoms with E-state index in [0.29, 0.717) is 5.92 Å². The lowest BCUT2D eigenvalue weighted by atomic mass is 9.72. The normalized spacial score (nSPS) is 19.1. The average Bonchev–Trinajstić information content (AvgIpc) is 3.16. The van der Waals surface area contributed by atoms with E-state index in [1.54, 1.807) is 0 Å². The molecule has 0 saturated carbocycles. The Bertz CT molecular complexity index is 1010. The van der Waals surface area contributed by atoms with Crippen LogP contribution in [0.5, 0.6) is 0 Å². The molecule has 0 N–H and O–H groups in total. The molecular formula is C28H29N-2. The first-order valence-electron chi connectivity index (χ1n) is 10.4. The van der Waals surface area contributed by atoms with Gasteiger partial charge in [0, 0.05) is 5.92 Å². The summed E-state index contributed by atoms with van der Waals surface area (Å²) in [5.41, 5.74) is 8.74. The fourth-order valence-electron chi connectivity index (χ4n) is 4.43. The first-order chi connectivity index (χ1) is 14.0. The third-order valence-electron chi connectivity index (χ3n) is 6.06. The predicted molar refractivity (Wildman–Crippen MR) is 125 cm³/mol. The quantitative estimate of drug-likeness (QED) is 0.466. The zero-order valence-corrected chi connectivity index (χ0v) is 17.8. The van der Waals surface area contributed by atoms with E-state index in [4.69, 9.17) is 5.32 Å². The summed E-state index contributed by atoms with van der Waals surface area (Å²) in [5.74, 6) is 0.394. The van der Waals surface area contributed by atoms with Crippen LogP contribution in [0.2, 0.25) is 0 Å². The lowest BCUT2D eigenvalue weighted by Gasteiger charge is -2.44. The number of allylic oxidation sites excluding steroid dienone is 7. The molecule has 2 aromatic carbocycles. The summed E-state index contributed by atoms with van der Waals surface area (Å²) < 4.78 is 0. The Morgan fingerprint density at radius 2 is 1.72 bits per heavy atom. The van der Waals surface area contributed by atoms with E-state index in [1.807, 2.05) is 0 Å². The van der Waals surface area contributed by atoms with E-state index in [2.05, 4.69) is 113 Å². The zero-order valence-electron chi connectivity index (χ0n) is 17.8. The Morgan fingerprint density at radius 1 is 0.966 bits per heavy atom. The van der Waals surface area contributed by atoms with Crippen LogP contribution in [0.3, 0.4) is 0 Å². The molecule has 2 aromatic rings. The molecule has 4 rings (SSSR count). The molecule has 2 aliphatic carbocycles. The molecule has 0 radical (unpaired) electrons. The van der Waals surface area contributed by atoms with Gasteiger partial charge >= 0.3 is 0 Å². The highest BCUT2D eigenvalue weighted by Crippen LogP contribution is 2.48. The monoisotopic (exact) mass is 379 g/mol. The Balaban J connectivity index is 1.69. The van der Waals surface area contributed by atoms with E-state index >= 15 is 0 Å². The lowest BCUT2D eigenvalue weighted by Crippen LogP contribution is -2.21. The molecule has 1 atom stereocenters. The number of nitrogens with zero attached hydrogens (tertiary/aromatic N) is 1. The van der Waals surface area contributed by atoms with E-state index in [9.17, 15) is 0 Å². The first-order valence-corrected chi connectivity index (χ1v) is 10.4. The molecule has 148 valence electrons. The molecule has 0 aliphatic heterocycles. The molecule has 0 spiro atoms. The van der Waals surface area contributed by atoms with Gasteiger partial charge in [-0.2, -0.15) is 5.57 Å². The SMILES string of the molecule is Cc1cccc(C)c1[N-]C(CC(C)(C)C1C=Cc2ccccc21)=C1C=CC=C[CH-]1. The van der Waals surface area contributed by atoms with E-state index in [1.165, 1.54) is 27.8 Å². The van der Waals surface area contributed by atoms with Crippen LogP contribution in [0.1, 0.15) is 48.4 Å². The van der Waals surface area contributed by atoms with Crippen molar-refractivity contribution in [2.75, 3.05) is 0 Å². The van der Waals surface area contributed by atoms with Gasteiger partial charge in [0.15, 0.2) is 0 Å². The van der Waals surface area contributed by atoms with Crippen LogP contribution in [0, 0.1) is 25.7 Å². The number of para-hydroxylation sites is 1. The summed E-state index contributed by atoms with van der Waals surface area (Å²) >= 11 is 0. The molecule has 0 aromatic heterocycles. The standard InChI is InChI=1S/C28H29N/c1-20-11-10-12-21(2)27(20)29-26(23-14-6-5-7-15-23)19-28(3,4)25-18-17-22-13-8-9-16-24(22)25/h5-18,25H,19H2,1-4H3/q-2. The minimum absolute atomic E-state index is 0.0500. The number of hydrogen-bond donors (Lipinski definition) is 0. The summed E-state index contributed by atoms with van der Waals surface area (Å²) in [5, 5.41) is 5.23. The van der Waals surface area contributed by atoms with Crippen molar-refractivity contribution in [3.63, 3.8) is 0 Å². The maximum absolute atomic E-state index is 5.23. The molecule has 1 nitrogen and oxygen atoms in total. The van der Waals surface area contributed by atoms with Gasteiger partial charge in [-0.05, 0) is 30.4 Å². The van der Waals surface area contributed by atoms with Crippen molar-refractivity contribution in [1.82, 2.24) is 0 Å². The number of benzene rings is 2. The fraction of sp³-hybridized carbons (Fsp3) is 0.250. The van der Waals surface area contributed by atoms with Gasteiger partial charge in [-0.3, -0.25) is 0 Å². The number of fused-ring (bicyclic) bond motifs is 1. The molecule has 0 saturated heterocycles. The van der Waals surface area contributed by atoms with Crippen LogP contribution < -0.4 is 0 Å². The van der Waals surface area contributed by atoms with Gasteiger partial charge in [0.1, 0.15) is 0 Å². The highest BCUT2D eigenvalue weighted by atomic mass is 14.9. The average molecular weight is 380 g/mol. The number of rotatable bonds is 5. The Hall–Kier alpha value is -2.93. The molecule has 0 heterocycles. The highest BCUT2D eigenvalue weighted by Gasteiger charge is 2.31. The molecule has 0 bridgehead atoms. The van der Waals surface area contributed by atoms with Crippen molar-refractivity contribution in [1.29, 1.82) is 0 Å². The van der Waals surface area contributed by atoms with Crippen molar-refractivity contribution < 1.29 is 0 Å². The van der Waals surface area contributed by atoms with Crippen molar-refractivity contribution in [3.05, 3.63) is 118 Å². The molecule has 2 aliphatic rings. The van der Waals surface area contributed by atoms with Gasteiger partial charge in [0.25, 0.3) is 0 Å². The van der Waals surface area contributed by atoms with Crippen LogP contribution in [0.15, 0.2) is 84.1 Å². The van der Waals surface area contributed by atoms with Crippen molar-refractivity contribution in [2.24, 2.45) is 5.41 Å². The summed E-state index contributed by atoms with van der Waals surface area (Å²) in [7, 11) is 0. The second-order valence-electron chi connectivity index (χ2n) is 8.80. The second-order valence-corrected chi connectivity index (χ2v) is 8.80. The van der Waals surface area contributed by atoms with E-state index < -0.39 is 0 Å². The molecule has 0 fully saturated rings. The predicted octanol–water partition coefficient (Wildman–Crippen LogP) is 8.12. The summed E-state index contributed by atoms with van der Waals surface area (Å²) in [6, 6.07) is 15.2. The number of aryl methyl sites for hydroxylation is 2. The maximum atomic E-state index is 5.23. The van der Waals surface area contributed by atoms with Crippen molar-refractivity contribution in [3.8, 4) is 0 Å². The lowest BCUT2D eigenvalue weighted by molar-refractivity contribution is 0.325. The smallest absolute Gasteiger partial charge is 0.00735 e. The topological polar surface area (TPSA) is 14.1 Å². The van der Waals surface area contributed by atoms with E-state index in [0.717, 1.165) is 17.8 Å². The van der Waals surface area contributed by atoms with Crippen LogP contribution in [0.4, 0.5) is 5.69 Å². The van der Waals surface area contributed by atoms with Crippen molar-refractivity contribution >= 4 is 11.8 Å². The summed E-state index contributed by atoms with van der Waals surface area (Å²) in [6.07, 6.45) is 16.2. The van der Waals surface area contributed by atoms with Gasteiger partial charge in [-0.25, -0.2) is 5.70 Å². The third kappa shape index (κ3) is 3.96. The van der Waals surface area contributed by atoms with Gasteiger partial charge in [0.2, 0.25) is 0 Å². The van der Waals surface area contributed by atoms with Crippen LogP contribution in [-0.2, 0) is 0 Å². The Kier molecular flexibility index (Phi) is 5.24. The number of hydrogen-bond acceptors (Lipinski definition) is 0. The molecule has 0 amide bonds. The minimum Gasteiger partial charge on any atom is -0.704 e. The van der Waals surface area contributed by atoms with Gasteiger partial charge in [-0.15, -0.1) is 36.4 Å². The van der Waals surface area contributed by atoms with Crippen molar-refractivity contribution in [2.45, 2.75) is 40.0 Å². The molecular weight excluding hydrogens is 350 g/mol. The third-order valence-corrected chi connectivity index (χ3v) is 6.06. The highest BCUT2D eigenvalue weighted by molar-refractivity contribution is 5.67. The fourth-order valence-corrected chi connectivity index (χ4v) is 4.43. The first kappa shape index (κ1) is 19.4. The zero-order chi connectivity index (χ0) is 20.4. The van der Waals surface area contributed by atoms with Gasteiger partial charge in [0.05, 0.1) is 0 Å². The molecule has 1 heteroatoms. The van der Waals surface area contributed by atoms with Crippen LogP contribution >= 0.6 is 0 Å². The van der Waals surface area contributed by atoms with Gasteiger partial charge in [-0.1, -0.05) is 86.0 Å². The largest absolute Gasteiger partial charge is 0.704 e. The summed E-state index contributed by atoms with van der Waals surface area (Å²) in [6.45, 7) is 9.03. The molecule has 29 heavy (non-hydrogen) atoms. The van der Waals surface area contributed by atoms with Crippen LogP contribution in [0.25, 0.3) is 11.4 Å². The molecule has 1 unspecified atom stereocenters. The Labute approximate surface area is 175 Å². The second kappa shape index (κ2) is 7.83. The minimum atomic E-state index is 0.0500.